The van der Waals surface area contributed by atoms with E-state index in [-0.39, 0.29) is 5.71 Å². The lowest BCUT2D eigenvalue weighted by Crippen LogP contribution is -2.21. The minimum Gasteiger partial charge on any atom is -0.411 e. The summed E-state index contributed by atoms with van der Waals surface area (Å²) in [7, 11) is -3.50. The summed E-state index contributed by atoms with van der Waals surface area (Å²) in [6.45, 7) is 3.10. The summed E-state index contributed by atoms with van der Waals surface area (Å²) in [5.74, 6) is 0. The normalized spacial score (nSPS) is 18.2. The first-order valence-corrected chi connectivity index (χ1v) is 6.29. The average Bonchev–Trinajstić information content (AvgIpc) is 2.28. The molecule has 0 radical (unpaired) electrons. The van der Waals surface area contributed by atoms with E-state index in [1.165, 1.54) is 6.92 Å². The number of benzene rings is 1. The van der Waals surface area contributed by atoms with Crippen LogP contribution < -0.4 is 5.30 Å². The first kappa shape index (κ1) is 12.0. The monoisotopic (exact) mass is 227 g/mol. The van der Waals surface area contributed by atoms with Gasteiger partial charge in [-0.25, -0.2) is 0 Å². The summed E-state index contributed by atoms with van der Waals surface area (Å²) in [5, 5.41) is 11.9. The maximum atomic E-state index is 12.1. The van der Waals surface area contributed by atoms with Crippen molar-refractivity contribution in [3.8, 4) is 0 Å². The highest BCUT2D eigenvalue weighted by atomic mass is 31.2. The lowest BCUT2D eigenvalue weighted by atomic mass is 10.3. The van der Waals surface area contributed by atoms with Crippen LogP contribution in [0.1, 0.15) is 13.8 Å². The molecule has 0 aromatic heterocycles. The van der Waals surface area contributed by atoms with Crippen LogP contribution in [0.2, 0.25) is 0 Å². The van der Waals surface area contributed by atoms with Crippen LogP contribution in [0.3, 0.4) is 0 Å². The van der Waals surface area contributed by atoms with Gasteiger partial charge in [0.2, 0.25) is 7.37 Å². The smallest absolute Gasteiger partial charge is 0.237 e. The fourth-order valence-electron chi connectivity index (χ4n) is 1.20. The fourth-order valence-corrected chi connectivity index (χ4v) is 2.81. The third-order valence-corrected chi connectivity index (χ3v) is 4.88. The fraction of sp³-hybridized carbons (Fsp3) is 0.300. The van der Waals surface area contributed by atoms with Crippen molar-refractivity contribution in [3.63, 3.8) is 0 Å². The summed E-state index contributed by atoms with van der Waals surface area (Å²) >= 11 is 0. The Morgan fingerprint density at radius 3 is 2.40 bits per heavy atom. The molecule has 0 bridgehead atoms. The molecule has 2 unspecified atom stereocenters. The summed E-state index contributed by atoms with van der Waals surface area (Å²) in [6, 6.07) is 8.39. The van der Waals surface area contributed by atoms with Crippen LogP contribution in [0.15, 0.2) is 35.5 Å². The summed E-state index contributed by atoms with van der Waals surface area (Å²) in [5.41, 5.74) is -0.422. The molecule has 0 saturated carbocycles. The molecule has 0 fully saturated rings. The van der Waals surface area contributed by atoms with Gasteiger partial charge in [0, 0.05) is 5.30 Å². The van der Waals surface area contributed by atoms with Crippen molar-refractivity contribution in [3.05, 3.63) is 30.3 Å². The van der Waals surface area contributed by atoms with E-state index in [2.05, 4.69) is 5.16 Å². The van der Waals surface area contributed by atoms with Crippen LogP contribution in [0, 0.1) is 0 Å². The lowest BCUT2D eigenvalue weighted by Gasteiger charge is -2.18. The molecule has 0 aliphatic rings. The SMILES string of the molecule is CC(=NO)C(C)P(=O)(O)c1ccccc1. The molecule has 0 aliphatic carbocycles. The van der Waals surface area contributed by atoms with Crippen LogP contribution in [0.4, 0.5) is 0 Å². The molecule has 82 valence electrons. The van der Waals surface area contributed by atoms with Crippen LogP contribution in [-0.4, -0.2) is 21.5 Å². The molecule has 1 aromatic carbocycles. The number of oxime groups is 1. The predicted octanol–water partition coefficient (Wildman–Crippen LogP) is 1.82. The minimum absolute atomic E-state index is 0.254. The van der Waals surface area contributed by atoms with E-state index in [9.17, 15) is 9.46 Å². The Labute approximate surface area is 88.7 Å². The zero-order valence-electron chi connectivity index (χ0n) is 8.66. The molecule has 4 nitrogen and oxygen atoms in total. The van der Waals surface area contributed by atoms with Crippen LogP contribution in [0.5, 0.6) is 0 Å². The van der Waals surface area contributed by atoms with Crippen LogP contribution in [-0.2, 0) is 4.57 Å². The number of hydrogen-bond acceptors (Lipinski definition) is 3. The topological polar surface area (TPSA) is 69.9 Å². The maximum absolute atomic E-state index is 12.1. The maximum Gasteiger partial charge on any atom is 0.237 e. The van der Waals surface area contributed by atoms with Gasteiger partial charge in [-0.05, 0) is 26.0 Å². The van der Waals surface area contributed by atoms with Gasteiger partial charge in [0.1, 0.15) is 0 Å². The van der Waals surface area contributed by atoms with E-state index in [0.29, 0.717) is 5.30 Å². The van der Waals surface area contributed by atoms with Crippen molar-refractivity contribution in [2.24, 2.45) is 5.16 Å². The van der Waals surface area contributed by atoms with Gasteiger partial charge in [0.15, 0.2) is 0 Å². The highest BCUT2D eigenvalue weighted by Crippen LogP contribution is 2.45. The summed E-state index contributed by atoms with van der Waals surface area (Å²) in [4.78, 5) is 9.92. The van der Waals surface area contributed by atoms with E-state index in [1.807, 2.05) is 0 Å². The zero-order valence-corrected chi connectivity index (χ0v) is 9.56. The second-order valence-corrected chi connectivity index (χ2v) is 5.91. The zero-order chi connectivity index (χ0) is 11.5. The van der Waals surface area contributed by atoms with Gasteiger partial charge in [-0.15, -0.1) is 0 Å². The second-order valence-electron chi connectivity index (χ2n) is 3.38. The van der Waals surface area contributed by atoms with Crippen LogP contribution in [0.25, 0.3) is 0 Å². The average molecular weight is 227 g/mol. The van der Waals surface area contributed by atoms with Crippen molar-refractivity contribution < 1.29 is 14.7 Å². The molecule has 0 heterocycles. The van der Waals surface area contributed by atoms with Gasteiger partial charge in [0.25, 0.3) is 0 Å². The first-order chi connectivity index (χ1) is 7.00. The van der Waals surface area contributed by atoms with Crippen molar-refractivity contribution in [1.82, 2.24) is 0 Å². The van der Waals surface area contributed by atoms with E-state index >= 15 is 0 Å². The van der Waals surface area contributed by atoms with E-state index in [0.717, 1.165) is 0 Å². The largest absolute Gasteiger partial charge is 0.411 e. The molecular weight excluding hydrogens is 213 g/mol. The number of hydrogen-bond donors (Lipinski definition) is 2. The van der Waals surface area contributed by atoms with Gasteiger partial charge < -0.3 is 10.1 Å². The highest BCUT2D eigenvalue weighted by molar-refractivity contribution is 7.67. The molecule has 0 spiro atoms. The standard InChI is InChI=1S/C10H14NO3P/c1-8(11-12)9(2)15(13,14)10-6-4-3-5-7-10/h3-7,9,12H,1-2H3,(H,13,14). The molecule has 1 rings (SSSR count). The third kappa shape index (κ3) is 2.46. The van der Waals surface area contributed by atoms with E-state index in [1.54, 1.807) is 37.3 Å². The Morgan fingerprint density at radius 1 is 1.40 bits per heavy atom. The summed E-state index contributed by atoms with van der Waals surface area (Å²) < 4.78 is 12.1. The lowest BCUT2D eigenvalue weighted by molar-refractivity contribution is 0.317. The van der Waals surface area contributed by atoms with Crippen molar-refractivity contribution in [2.75, 3.05) is 0 Å². The molecule has 2 N–H and O–H groups in total. The molecule has 0 aliphatic heterocycles. The minimum atomic E-state index is -3.50. The van der Waals surface area contributed by atoms with Crippen molar-refractivity contribution >= 4 is 18.4 Å². The Bertz CT molecular complexity index is 402. The molecule has 2 atom stereocenters. The molecular formula is C10H14NO3P. The first-order valence-electron chi connectivity index (χ1n) is 4.56. The molecule has 5 heteroatoms. The highest BCUT2D eigenvalue weighted by Gasteiger charge is 2.31. The summed E-state index contributed by atoms with van der Waals surface area (Å²) in [6.07, 6.45) is 0. The van der Waals surface area contributed by atoms with Gasteiger partial charge in [0.05, 0.1) is 11.4 Å². The van der Waals surface area contributed by atoms with Gasteiger partial charge in [-0.1, -0.05) is 23.4 Å². The predicted molar refractivity (Wildman–Crippen MR) is 60.3 cm³/mol. The number of nitrogens with zero attached hydrogens (tertiary/aromatic N) is 1. The van der Waals surface area contributed by atoms with Crippen LogP contribution >= 0.6 is 7.37 Å². The van der Waals surface area contributed by atoms with Gasteiger partial charge >= 0.3 is 0 Å². The quantitative estimate of drug-likeness (QED) is 0.358. The van der Waals surface area contributed by atoms with Gasteiger partial charge in [-0.2, -0.15) is 0 Å². The van der Waals surface area contributed by atoms with Crippen molar-refractivity contribution in [1.29, 1.82) is 0 Å². The van der Waals surface area contributed by atoms with Crippen molar-refractivity contribution in [2.45, 2.75) is 19.5 Å². The number of rotatable bonds is 3. The Balaban J connectivity index is 3.09. The molecule has 15 heavy (non-hydrogen) atoms. The van der Waals surface area contributed by atoms with Gasteiger partial charge in [-0.3, -0.25) is 4.57 Å². The van der Waals surface area contributed by atoms with E-state index < -0.39 is 13.0 Å². The molecule has 0 amide bonds. The Morgan fingerprint density at radius 2 is 1.93 bits per heavy atom. The second kappa shape index (κ2) is 4.60. The molecule has 0 saturated heterocycles. The van der Waals surface area contributed by atoms with E-state index in [4.69, 9.17) is 5.21 Å². The Hall–Kier alpha value is -1.12. The molecule has 1 aromatic rings. The third-order valence-electron chi connectivity index (χ3n) is 2.41. The Kier molecular flexibility index (Phi) is 3.66.